The fourth-order valence-electron chi connectivity index (χ4n) is 2.88. The van der Waals surface area contributed by atoms with Gasteiger partial charge in [-0.25, -0.2) is 0 Å². The molecule has 1 aliphatic carbocycles. The van der Waals surface area contributed by atoms with Gasteiger partial charge in [0.05, 0.1) is 25.9 Å². The minimum Gasteiger partial charge on any atom is -0.377 e. The second-order valence-corrected chi connectivity index (χ2v) is 6.68. The lowest BCUT2D eigenvalue weighted by molar-refractivity contribution is -0.126. The summed E-state index contributed by atoms with van der Waals surface area (Å²) in [6, 6.07) is 0. The summed E-state index contributed by atoms with van der Waals surface area (Å²) in [5.41, 5.74) is 0. The van der Waals surface area contributed by atoms with Crippen LogP contribution in [0.2, 0.25) is 0 Å². The standard InChI is InChI=1S/C17H33NO3/c1-13(2)15-5-7-16(8-6-15)17(19)18-9-10-20-11-12-21-14(3)4/h13-16H,5-12H2,1-4H3,(H,18,19). The SMILES string of the molecule is CC(C)OCCOCCNC(=O)C1CCC(C(C)C)CC1. The fourth-order valence-corrected chi connectivity index (χ4v) is 2.88. The molecule has 0 aliphatic heterocycles. The van der Waals surface area contributed by atoms with Gasteiger partial charge in [0.15, 0.2) is 0 Å². The summed E-state index contributed by atoms with van der Waals surface area (Å²) >= 11 is 0. The third-order valence-corrected chi connectivity index (χ3v) is 4.31. The molecule has 4 heteroatoms. The van der Waals surface area contributed by atoms with Crippen molar-refractivity contribution in [2.75, 3.05) is 26.4 Å². The molecule has 0 heterocycles. The van der Waals surface area contributed by atoms with E-state index in [1.165, 1.54) is 12.8 Å². The minimum absolute atomic E-state index is 0.208. The molecule has 0 bridgehead atoms. The fraction of sp³-hybridized carbons (Fsp3) is 0.941. The van der Waals surface area contributed by atoms with E-state index in [9.17, 15) is 4.79 Å². The van der Waals surface area contributed by atoms with Crippen LogP contribution < -0.4 is 5.32 Å². The van der Waals surface area contributed by atoms with Crippen LogP contribution in [-0.4, -0.2) is 38.4 Å². The van der Waals surface area contributed by atoms with Gasteiger partial charge in [-0.3, -0.25) is 4.79 Å². The van der Waals surface area contributed by atoms with Crippen molar-refractivity contribution in [3.63, 3.8) is 0 Å². The van der Waals surface area contributed by atoms with Gasteiger partial charge in [-0.2, -0.15) is 0 Å². The lowest BCUT2D eigenvalue weighted by Gasteiger charge is -2.30. The topological polar surface area (TPSA) is 47.6 Å². The summed E-state index contributed by atoms with van der Waals surface area (Å²) in [4.78, 5) is 12.1. The molecular weight excluding hydrogens is 266 g/mol. The molecule has 0 aromatic rings. The van der Waals surface area contributed by atoms with Crippen molar-refractivity contribution < 1.29 is 14.3 Å². The van der Waals surface area contributed by atoms with Crippen LogP contribution in [0.4, 0.5) is 0 Å². The van der Waals surface area contributed by atoms with E-state index in [1.807, 2.05) is 13.8 Å². The number of hydrogen-bond acceptors (Lipinski definition) is 3. The van der Waals surface area contributed by atoms with Gasteiger partial charge in [0.25, 0.3) is 0 Å². The highest BCUT2D eigenvalue weighted by atomic mass is 16.5. The molecule has 0 aromatic heterocycles. The highest BCUT2D eigenvalue weighted by Crippen LogP contribution is 2.33. The number of nitrogens with one attached hydrogen (secondary N) is 1. The Labute approximate surface area is 130 Å². The second-order valence-electron chi connectivity index (χ2n) is 6.68. The van der Waals surface area contributed by atoms with E-state index in [4.69, 9.17) is 9.47 Å². The van der Waals surface area contributed by atoms with Crippen molar-refractivity contribution in [3.05, 3.63) is 0 Å². The summed E-state index contributed by atoms with van der Waals surface area (Å²) in [6.45, 7) is 11.0. The molecule has 0 spiro atoms. The van der Waals surface area contributed by atoms with E-state index < -0.39 is 0 Å². The second kappa shape index (κ2) is 10.2. The molecule has 0 atom stereocenters. The first-order valence-electron chi connectivity index (χ1n) is 8.47. The van der Waals surface area contributed by atoms with Crippen molar-refractivity contribution in [2.45, 2.75) is 59.5 Å². The Morgan fingerprint density at radius 3 is 2.29 bits per heavy atom. The number of ether oxygens (including phenoxy) is 2. The maximum absolute atomic E-state index is 12.1. The molecule has 1 fully saturated rings. The van der Waals surface area contributed by atoms with Crippen LogP contribution in [0.1, 0.15) is 53.4 Å². The molecule has 21 heavy (non-hydrogen) atoms. The molecule has 4 nitrogen and oxygen atoms in total. The Kier molecular flexibility index (Phi) is 8.93. The summed E-state index contributed by atoms with van der Waals surface area (Å²) in [5, 5.41) is 2.99. The Balaban J connectivity index is 2.02. The maximum Gasteiger partial charge on any atom is 0.223 e. The monoisotopic (exact) mass is 299 g/mol. The highest BCUT2D eigenvalue weighted by Gasteiger charge is 2.27. The van der Waals surface area contributed by atoms with Crippen molar-refractivity contribution >= 4 is 5.91 Å². The molecule has 0 radical (unpaired) electrons. The van der Waals surface area contributed by atoms with E-state index in [-0.39, 0.29) is 17.9 Å². The molecule has 0 saturated heterocycles. The van der Waals surface area contributed by atoms with Crippen LogP contribution in [0.15, 0.2) is 0 Å². The zero-order chi connectivity index (χ0) is 15.7. The first kappa shape index (κ1) is 18.4. The number of rotatable bonds is 9. The van der Waals surface area contributed by atoms with Gasteiger partial charge in [0.1, 0.15) is 0 Å². The Bertz CT molecular complexity index is 284. The number of amides is 1. The summed E-state index contributed by atoms with van der Waals surface area (Å²) < 4.78 is 10.8. The summed E-state index contributed by atoms with van der Waals surface area (Å²) in [7, 11) is 0. The van der Waals surface area contributed by atoms with Crippen molar-refractivity contribution in [1.29, 1.82) is 0 Å². The predicted octanol–water partition coefficient (Wildman–Crippen LogP) is 3.01. The average molecular weight is 299 g/mol. The summed E-state index contributed by atoms with van der Waals surface area (Å²) in [5.74, 6) is 1.97. The molecule has 1 aliphatic rings. The van der Waals surface area contributed by atoms with E-state index in [0.717, 1.165) is 24.7 Å². The van der Waals surface area contributed by atoms with Gasteiger partial charge in [0, 0.05) is 12.5 Å². The van der Waals surface area contributed by atoms with Gasteiger partial charge in [0.2, 0.25) is 5.91 Å². The third-order valence-electron chi connectivity index (χ3n) is 4.31. The number of carbonyl (C=O) groups excluding carboxylic acids is 1. The Morgan fingerprint density at radius 1 is 1.05 bits per heavy atom. The van der Waals surface area contributed by atoms with Crippen molar-refractivity contribution in [2.24, 2.45) is 17.8 Å². The zero-order valence-electron chi connectivity index (χ0n) is 14.2. The molecule has 1 saturated carbocycles. The van der Waals surface area contributed by atoms with Gasteiger partial charge in [-0.05, 0) is 51.4 Å². The van der Waals surface area contributed by atoms with Crippen molar-refractivity contribution in [3.8, 4) is 0 Å². The van der Waals surface area contributed by atoms with E-state index in [1.54, 1.807) is 0 Å². The van der Waals surface area contributed by atoms with E-state index >= 15 is 0 Å². The molecule has 1 N–H and O–H groups in total. The predicted molar refractivity (Wildman–Crippen MR) is 85.2 cm³/mol. The molecule has 0 unspecified atom stereocenters. The van der Waals surface area contributed by atoms with Crippen LogP contribution in [0.5, 0.6) is 0 Å². The molecular formula is C17H33NO3. The van der Waals surface area contributed by atoms with Crippen LogP contribution in [0.25, 0.3) is 0 Å². The largest absolute Gasteiger partial charge is 0.377 e. The summed E-state index contributed by atoms with van der Waals surface area (Å²) in [6.07, 6.45) is 4.71. The van der Waals surface area contributed by atoms with Gasteiger partial charge in [-0.1, -0.05) is 13.8 Å². The van der Waals surface area contributed by atoms with E-state index in [2.05, 4.69) is 19.2 Å². The van der Waals surface area contributed by atoms with Crippen LogP contribution in [-0.2, 0) is 14.3 Å². The Hall–Kier alpha value is -0.610. The van der Waals surface area contributed by atoms with E-state index in [0.29, 0.717) is 26.4 Å². The zero-order valence-corrected chi connectivity index (χ0v) is 14.2. The lowest BCUT2D eigenvalue weighted by atomic mass is 9.77. The first-order chi connectivity index (χ1) is 10.0. The van der Waals surface area contributed by atoms with Crippen LogP contribution in [0, 0.1) is 17.8 Å². The molecule has 1 amide bonds. The van der Waals surface area contributed by atoms with Gasteiger partial charge >= 0.3 is 0 Å². The van der Waals surface area contributed by atoms with Gasteiger partial charge in [-0.15, -0.1) is 0 Å². The number of hydrogen-bond donors (Lipinski definition) is 1. The number of carbonyl (C=O) groups is 1. The third kappa shape index (κ3) is 7.82. The van der Waals surface area contributed by atoms with Crippen LogP contribution in [0.3, 0.4) is 0 Å². The van der Waals surface area contributed by atoms with Crippen molar-refractivity contribution in [1.82, 2.24) is 5.32 Å². The average Bonchev–Trinajstić information content (AvgIpc) is 2.45. The normalized spacial score (nSPS) is 22.8. The lowest BCUT2D eigenvalue weighted by Crippen LogP contribution is -2.35. The molecule has 124 valence electrons. The quantitative estimate of drug-likeness (QED) is 0.666. The maximum atomic E-state index is 12.1. The smallest absolute Gasteiger partial charge is 0.223 e. The molecule has 1 rings (SSSR count). The van der Waals surface area contributed by atoms with Gasteiger partial charge < -0.3 is 14.8 Å². The molecule has 0 aromatic carbocycles. The minimum atomic E-state index is 0.208. The Morgan fingerprint density at radius 2 is 1.71 bits per heavy atom. The van der Waals surface area contributed by atoms with Crippen LogP contribution >= 0.6 is 0 Å². The first-order valence-corrected chi connectivity index (χ1v) is 8.47. The highest BCUT2D eigenvalue weighted by molar-refractivity contribution is 5.78.